The molecule has 1 aliphatic rings. The van der Waals surface area contributed by atoms with Crippen LogP contribution < -0.4 is 0 Å². The smallest absolute Gasteiger partial charge is 0.115 e. The van der Waals surface area contributed by atoms with Gasteiger partial charge in [-0.05, 0) is 36.6 Å². The van der Waals surface area contributed by atoms with Gasteiger partial charge in [0, 0.05) is 20.2 Å². The topological polar surface area (TPSA) is 32.7 Å². The van der Waals surface area contributed by atoms with Gasteiger partial charge in [0.15, 0.2) is 0 Å². The van der Waals surface area contributed by atoms with E-state index >= 15 is 0 Å². The molecular formula is C13H19NO2. The van der Waals surface area contributed by atoms with Crippen LogP contribution in [0.4, 0.5) is 0 Å². The van der Waals surface area contributed by atoms with Crippen LogP contribution in [0.2, 0.25) is 0 Å². The fourth-order valence-corrected chi connectivity index (χ4v) is 2.34. The van der Waals surface area contributed by atoms with Crippen LogP contribution in [0.5, 0.6) is 5.75 Å². The third-order valence-corrected chi connectivity index (χ3v) is 3.09. The van der Waals surface area contributed by atoms with Gasteiger partial charge in [-0.25, -0.2) is 0 Å². The summed E-state index contributed by atoms with van der Waals surface area (Å²) >= 11 is 0. The van der Waals surface area contributed by atoms with E-state index in [2.05, 4.69) is 11.0 Å². The molecule has 1 aromatic rings. The fraction of sp³-hybridized carbons (Fsp3) is 0.538. The molecule has 1 aliphatic heterocycles. The predicted octanol–water partition coefficient (Wildman–Crippen LogP) is 1.86. The van der Waals surface area contributed by atoms with Gasteiger partial charge in [0.2, 0.25) is 0 Å². The van der Waals surface area contributed by atoms with E-state index in [1.54, 1.807) is 13.2 Å². The summed E-state index contributed by atoms with van der Waals surface area (Å²) in [5.74, 6) is 1.02. The molecule has 0 spiro atoms. The Balaban J connectivity index is 1.87. The third-order valence-electron chi connectivity index (χ3n) is 3.09. The normalized spacial score (nSPS) is 21.4. The molecule has 0 aromatic heterocycles. The van der Waals surface area contributed by atoms with Gasteiger partial charge in [-0.1, -0.05) is 12.1 Å². The van der Waals surface area contributed by atoms with Crippen molar-refractivity contribution in [1.82, 2.24) is 4.90 Å². The zero-order valence-electron chi connectivity index (χ0n) is 9.72. The molecule has 0 saturated carbocycles. The van der Waals surface area contributed by atoms with Crippen LogP contribution in [0.15, 0.2) is 24.3 Å². The van der Waals surface area contributed by atoms with Crippen LogP contribution in [-0.2, 0) is 11.3 Å². The number of phenols is 1. The van der Waals surface area contributed by atoms with Crippen molar-refractivity contribution in [3.8, 4) is 5.75 Å². The van der Waals surface area contributed by atoms with Crippen LogP contribution in [0.3, 0.4) is 0 Å². The van der Waals surface area contributed by atoms with Crippen molar-refractivity contribution in [2.75, 3.05) is 26.8 Å². The molecule has 3 nitrogen and oxygen atoms in total. The molecule has 3 heteroatoms. The average Bonchev–Trinajstić information content (AvgIpc) is 2.66. The number of methoxy groups -OCH3 is 1. The van der Waals surface area contributed by atoms with Crippen molar-refractivity contribution < 1.29 is 9.84 Å². The minimum absolute atomic E-state index is 0.352. The molecule has 1 saturated heterocycles. The quantitative estimate of drug-likeness (QED) is 0.842. The first-order valence-corrected chi connectivity index (χ1v) is 5.77. The van der Waals surface area contributed by atoms with Crippen molar-refractivity contribution in [2.24, 2.45) is 5.92 Å². The van der Waals surface area contributed by atoms with Gasteiger partial charge in [0.05, 0.1) is 6.61 Å². The first kappa shape index (κ1) is 11.4. The number of hydrogen-bond donors (Lipinski definition) is 1. The second kappa shape index (κ2) is 5.32. The third kappa shape index (κ3) is 2.97. The Kier molecular flexibility index (Phi) is 3.80. The Morgan fingerprint density at radius 2 is 2.38 bits per heavy atom. The molecule has 0 aliphatic carbocycles. The van der Waals surface area contributed by atoms with Crippen LogP contribution in [-0.4, -0.2) is 36.8 Å². The highest BCUT2D eigenvalue weighted by molar-refractivity contribution is 5.27. The number of aromatic hydroxyl groups is 1. The highest BCUT2D eigenvalue weighted by Gasteiger charge is 2.22. The van der Waals surface area contributed by atoms with Gasteiger partial charge in [-0.2, -0.15) is 0 Å². The second-order valence-electron chi connectivity index (χ2n) is 4.52. The van der Waals surface area contributed by atoms with Crippen LogP contribution in [0.1, 0.15) is 12.0 Å². The molecule has 0 bridgehead atoms. The van der Waals surface area contributed by atoms with Crippen molar-refractivity contribution in [3.05, 3.63) is 29.8 Å². The largest absolute Gasteiger partial charge is 0.508 e. The Labute approximate surface area is 96.6 Å². The zero-order chi connectivity index (χ0) is 11.4. The maximum Gasteiger partial charge on any atom is 0.115 e. The first-order chi connectivity index (χ1) is 7.78. The lowest BCUT2D eigenvalue weighted by atomic mass is 10.1. The maximum atomic E-state index is 9.38. The van der Waals surface area contributed by atoms with Crippen LogP contribution >= 0.6 is 0 Å². The number of nitrogens with zero attached hydrogens (tertiary/aromatic N) is 1. The molecule has 0 amide bonds. The molecule has 2 rings (SSSR count). The summed E-state index contributed by atoms with van der Waals surface area (Å²) in [4.78, 5) is 2.42. The Bertz CT molecular complexity index is 340. The van der Waals surface area contributed by atoms with Gasteiger partial charge in [0.1, 0.15) is 5.75 Å². The lowest BCUT2D eigenvalue weighted by Gasteiger charge is -2.15. The Morgan fingerprint density at radius 1 is 1.50 bits per heavy atom. The molecule has 1 unspecified atom stereocenters. The molecule has 1 aromatic carbocycles. The molecule has 88 valence electrons. The van der Waals surface area contributed by atoms with Gasteiger partial charge < -0.3 is 9.84 Å². The lowest BCUT2D eigenvalue weighted by molar-refractivity contribution is 0.152. The van der Waals surface area contributed by atoms with Crippen LogP contribution in [0.25, 0.3) is 0 Å². The number of benzene rings is 1. The minimum Gasteiger partial charge on any atom is -0.508 e. The van der Waals surface area contributed by atoms with Gasteiger partial charge in [0.25, 0.3) is 0 Å². The Hall–Kier alpha value is -1.06. The van der Waals surface area contributed by atoms with E-state index < -0.39 is 0 Å². The molecule has 0 radical (unpaired) electrons. The molecule has 1 N–H and O–H groups in total. The predicted molar refractivity (Wildman–Crippen MR) is 63.4 cm³/mol. The highest BCUT2D eigenvalue weighted by atomic mass is 16.5. The van der Waals surface area contributed by atoms with Crippen LogP contribution in [0, 0.1) is 5.92 Å². The standard InChI is InChI=1S/C13H19NO2/c1-16-10-12-5-6-14(9-12)8-11-3-2-4-13(15)7-11/h2-4,7,12,15H,5-6,8-10H2,1H3. The maximum absolute atomic E-state index is 9.38. The van der Waals surface area contributed by atoms with Crippen molar-refractivity contribution in [1.29, 1.82) is 0 Å². The summed E-state index contributed by atoms with van der Waals surface area (Å²) in [5.41, 5.74) is 1.18. The van der Waals surface area contributed by atoms with E-state index in [0.717, 1.165) is 26.2 Å². The van der Waals surface area contributed by atoms with Crippen molar-refractivity contribution in [3.63, 3.8) is 0 Å². The number of ether oxygens (including phenoxy) is 1. The molecule has 16 heavy (non-hydrogen) atoms. The summed E-state index contributed by atoms with van der Waals surface area (Å²) in [6.45, 7) is 4.01. The molecule has 1 atom stereocenters. The molecule has 1 fully saturated rings. The fourth-order valence-electron chi connectivity index (χ4n) is 2.34. The zero-order valence-corrected chi connectivity index (χ0v) is 9.72. The second-order valence-corrected chi connectivity index (χ2v) is 4.52. The minimum atomic E-state index is 0.352. The first-order valence-electron chi connectivity index (χ1n) is 5.77. The lowest BCUT2D eigenvalue weighted by Crippen LogP contribution is -2.21. The van der Waals surface area contributed by atoms with E-state index in [0.29, 0.717) is 11.7 Å². The monoisotopic (exact) mass is 221 g/mol. The Morgan fingerprint density at radius 3 is 3.12 bits per heavy atom. The number of rotatable bonds is 4. The van der Waals surface area contributed by atoms with Gasteiger partial charge in [-0.15, -0.1) is 0 Å². The van der Waals surface area contributed by atoms with E-state index in [1.807, 2.05) is 12.1 Å². The van der Waals surface area contributed by atoms with E-state index in [9.17, 15) is 5.11 Å². The molecular weight excluding hydrogens is 202 g/mol. The summed E-state index contributed by atoms with van der Waals surface area (Å²) in [7, 11) is 1.76. The van der Waals surface area contributed by atoms with Gasteiger partial charge >= 0.3 is 0 Å². The summed E-state index contributed by atoms with van der Waals surface area (Å²) in [6.07, 6.45) is 1.21. The van der Waals surface area contributed by atoms with E-state index in [-0.39, 0.29) is 0 Å². The van der Waals surface area contributed by atoms with E-state index in [1.165, 1.54) is 12.0 Å². The van der Waals surface area contributed by atoms with E-state index in [4.69, 9.17) is 4.74 Å². The van der Waals surface area contributed by atoms with Crippen molar-refractivity contribution >= 4 is 0 Å². The number of phenolic OH excluding ortho intramolecular Hbond substituents is 1. The number of likely N-dealkylation sites (tertiary alicyclic amines) is 1. The number of hydrogen-bond acceptors (Lipinski definition) is 3. The summed E-state index contributed by atoms with van der Waals surface area (Å²) in [5, 5.41) is 9.38. The SMILES string of the molecule is COCC1CCN(Cc2cccc(O)c2)C1. The summed E-state index contributed by atoms with van der Waals surface area (Å²) in [6, 6.07) is 7.50. The average molecular weight is 221 g/mol. The van der Waals surface area contributed by atoms with Gasteiger partial charge in [-0.3, -0.25) is 4.90 Å². The highest BCUT2D eigenvalue weighted by Crippen LogP contribution is 2.20. The summed E-state index contributed by atoms with van der Waals surface area (Å²) < 4.78 is 5.18. The van der Waals surface area contributed by atoms with Crippen molar-refractivity contribution in [2.45, 2.75) is 13.0 Å². The molecule has 1 heterocycles.